The van der Waals surface area contributed by atoms with Crippen LogP contribution < -0.4 is 10.5 Å². The van der Waals surface area contributed by atoms with Crippen molar-refractivity contribution in [2.45, 2.75) is 45.4 Å². The van der Waals surface area contributed by atoms with E-state index in [-0.39, 0.29) is 5.75 Å². The summed E-state index contributed by atoms with van der Waals surface area (Å²) in [4.78, 5) is 2.44. The third kappa shape index (κ3) is 4.38. The molecule has 0 heterocycles. The maximum atomic E-state index is 12.1. The molecule has 21 heavy (non-hydrogen) atoms. The van der Waals surface area contributed by atoms with E-state index in [1.165, 1.54) is 19.3 Å². The van der Waals surface area contributed by atoms with Gasteiger partial charge in [-0.3, -0.25) is 4.90 Å². The minimum absolute atomic E-state index is 0.206. The first-order valence-corrected chi connectivity index (χ1v) is 7.62. The van der Waals surface area contributed by atoms with Gasteiger partial charge in [-0.15, -0.1) is 0 Å². The lowest BCUT2D eigenvalue weighted by atomic mass is 10.0. The fourth-order valence-corrected chi connectivity index (χ4v) is 3.25. The normalized spacial score (nSPS) is 22.2. The van der Waals surface area contributed by atoms with Gasteiger partial charge in [0.2, 0.25) is 0 Å². The number of nitrogens with two attached hydrogens (primary N) is 1. The number of rotatable bonds is 7. The Morgan fingerprint density at radius 2 is 2.00 bits per heavy atom. The number of halogens is 2. The highest BCUT2D eigenvalue weighted by Crippen LogP contribution is 2.30. The molecule has 0 saturated heterocycles. The Bertz CT molecular complexity index is 425. The number of nitrogens with zero attached hydrogens (tertiary/aromatic N) is 1. The number of alkyl halides is 2. The highest BCUT2D eigenvalue weighted by atomic mass is 19.3. The molecule has 2 atom stereocenters. The van der Waals surface area contributed by atoms with Crippen molar-refractivity contribution in [2.75, 3.05) is 13.1 Å². The Hall–Kier alpha value is -1.20. The molecule has 1 aromatic rings. The van der Waals surface area contributed by atoms with Crippen LogP contribution in [-0.2, 0) is 6.54 Å². The molecule has 0 spiro atoms. The molecule has 0 aromatic heterocycles. The van der Waals surface area contributed by atoms with Crippen molar-refractivity contribution in [3.8, 4) is 5.75 Å². The Kier molecular flexibility index (Phi) is 5.94. The first-order chi connectivity index (χ1) is 10.1. The molecule has 1 aliphatic rings. The van der Waals surface area contributed by atoms with Crippen molar-refractivity contribution in [1.82, 2.24) is 4.90 Å². The lowest BCUT2D eigenvalue weighted by Crippen LogP contribution is -2.39. The van der Waals surface area contributed by atoms with Gasteiger partial charge in [0.15, 0.2) is 0 Å². The summed E-state index contributed by atoms with van der Waals surface area (Å²) in [6.07, 6.45) is 3.64. The van der Waals surface area contributed by atoms with Gasteiger partial charge in [-0.25, -0.2) is 0 Å². The summed E-state index contributed by atoms with van der Waals surface area (Å²) in [5.41, 5.74) is 6.97. The molecule has 0 radical (unpaired) electrons. The third-order valence-electron chi connectivity index (χ3n) is 4.33. The Morgan fingerprint density at radius 3 is 2.57 bits per heavy atom. The fourth-order valence-electron chi connectivity index (χ4n) is 3.25. The zero-order valence-electron chi connectivity index (χ0n) is 12.5. The number of ether oxygens (including phenoxy) is 1. The topological polar surface area (TPSA) is 38.5 Å². The van der Waals surface area contributed by atoms with Crippen LogP contribution in [0.4, 0.5) is 8.78 Å². The molecule has 3 nitrogen and oxygen atoms in total. The quantitative estimate of drug-likeness (QED) is 0.840. The molecule has 2 rings (SSSR count). The maximum Gasteiger partial charge on any atom is 0.387 e. The summed E-state index contributed by atoms with van der Waals surface area (Å²) in [6.45, 7) is 1.91. The third-order valence-corrected chi connectivity index (χ3v) is 4.33. The molecule has 0 amide bonds. The second-order valence-corrected chi connectivity index (χ2v) is 5.58. The summed E-state index contributed by atoms with van der Waals surface area (Å²) < 4.78 is 28.6. The highest BCUT2D eigenvalue weighted by Gasteiger charge is 2.30. The molecule has 0 bridgehead atoms. The largest absolute Gasteiger partial charge is 0.435 e. The van der Waals surface area contributed by atoms with E-state index in [1.807, 2.05) is 12.1 Å². The summed E-state index contributed by atoms with van der Waals surface area (Å²) in [5.74, 6) is 0.781. The van der Waals surface area contributed by atoms with Crippen LogP contribution in [0.3, 0.4) is 0 Å². The van der Waals surface area contributed by atoms with E-state index in [2.05, 4.69) is 16.6 Å². The molecule has 0 aliphatic heterocycles. The molecule has 5 heteroatoms. The summed E-state index contributed by atoms with van der Waals surface area (Å²) in [6, 6.07) is 7.45. The van der Waals surface area contributed by atoms with Gasteiger partial charge in [0.1, 0.15) is 5.75 Å². The van der Waals surface area contributed by atoms with Gasteiger partial charge in [0.05, 0.1) is 0 Å². The first kappa shape index (κ1) is 16.2. The van der Waals surface area contributed by atoms with Crippen LogP contribution in [0.25, 0.3) is 0 Å². The Balaban J connectivity index is 1.98. The number of hydrogen-bond donors (Lipinski definition) is 1. The van der Waals surface area contributed by atoms with Crippen LogP contribution >= 0.6 is 0 Å². The van der Waals surface area contributed by atoms with Crippen molar-refractivity contribution in [3.63, 3.8) is 0 Å². The molecule has 1 aliphatic carbocycles. The summed E-state index contributed by atoms with van der Waals surface area (Å²) in [5, 5.41) is 0. The van der Waals surface area contributed by atoms with Gasteiger partial charge >= 0.3 is 6.61 Å². The standard InChI is InChI=1S/C16H24F2N2O/c1-2-20(15-5-3-4-13(15)10-19)11-12-6-8-14(9-7-12)21-16(17)18/h6-9,13,15-16H,2-5,10-11,19H2,1H3. The second kappa shape index (κ2) is 7.71. The lowest BCUT2D eigenvalue weighted by Gasteiger charge is -2.31. The van der Waals surface area contributed by atoms with Crippen LogP contribution in [0, 0.1) is 5.92 Å². The van der Waals surface area contributed by atoms with E-state index in [0.29, 0.717) is 12.0 Å². The highest BCUT2D eigenvalue weighted by molar-refractivity contribution is 5.27. The zero-order chi connectivity index (χ0) is 15.2. The smallest absolute Gasteiger partial charge is 0.387 e. The number of hydrogen-bond acceptors (Lipinski definition) is 3. The van der Waals surface area contributed by atoms with Gasteiger partial charge in [0, 0.05) is 12.6 Å². The van der Waals surface area contributed by atoms with Crippen LogP contribution in [0.1, 0.15) is 31.7 Å². The van der Waals surface area contributed by atoms with Gasteiger partial charge in [-0.2, -0.15) is 8.78 Å². The van der Waals surface area contributed by atoms with Crippen LogP contribution in [0.2, 0.25) is 0 Å². The predicted octanol–water partition coefficient (Wildman–Crippen LogP) is 3.24. The molecule has 2 unspecified atom stereocenters. The van der Waals surface area contributed by atoms with E-state index < -0.39 is 6.61 Å². The SMILES string of the molecule is CCN(Cc1ccc(OC(F)F)cc1)C1CCCC1CN. The van der Waals surface area contributed by atoms with Crippen molar-refractivity contribution < 1.29 is 13.5 Å². The molecule has 1 aromatic carbocycles. The molecule has 118 valence electrons. The van der Waals surface area contributed by atoms with E-state index in [4.69, 9.17) is 5.73 Å². The Morgan fingerprint density at radius 1 is 1.29 bits per heavy atom. The lowest BCUT2D eigenvalue weighted by molar-refractivity contribution is -0.0498. The Labute approximate surface area is 125 Å². The van der Waals surface area contributed by atoms with E-state index in [0.717, 1.165) is 25.2 Å². The fraction of sp³-hybridized carbons (Fsp3) is 0.625. The summed E-state index contributed by atoms with van der Waals surface area (Å²) >= 11 is 0. The van der Waals surface area contributed by atoms with Crippen LogP contribution in [0.15, 0.2) is 24.3 Å². The van der Waals surface area contributed by atoms with Crippen molar-refractivity contribution in [2.24, 2.45) is 11.7 Å². The van der Waals surface area contributed by atoms with Crippen molar-refractivity contribution in [3.05, 3.63) is 29.8 Å². The predicted molar refractivity (Wildman–Crippen MR) is 79.3 cm³/mol. The van der Waals surface area contributed by atoms with Crippen LogP contribution in [0.5, 0.6) is 5.75 Å². The number of benzene rings is 1. The average Bonchev–Trinajstić information content (AvgIpc) is 2.94. The van der Waals surface area contributed by atoms with E-state index in [9.17, 15) is 8.78 Å². The zero-order valence-corrected chi connectivity index (χ0v) is 12.5. The van der Waals surface area contributed by atoms with E-state index in [1.54, 1.807) is 12.1 Å². The summed E-state index contributed by atoms with van der Waals surface area (Å²) in [7, 11) is 0. The van der Waals surface area contributed by atoms with Gasteiger partial charge in [-0.1, -0.05) is 25.5 Å². The first-order valence-electron chi connectivity index (χ1n) is 7.62. The monoisotopic (exact) mass is 298 g/mol. The molecular weight excluding hydrogens is 274 g/mol. The minimum Gasteiger partial charge on any atom is -0.435 e. The van der Waals surface area contributed by atoms with Crippen molar-refractivity contribution >= 4 is 0 Å². The van der Waals surface area contributed by atoms with Crippen LogP contribution in [-0.4, -0.2) is 30.6 Å². The molecule has 1 fully saturated rings. The van der Waals surface area contributed by atoms with Gasteiger partial charge in [0.25, 0.3) is 0 Å². The van der Waals surface area contributed by atoms with E-state index >= 15 is 0 Å². The van der Waals surface area contributed by atoms with Gasteiger partial charge in [-0.05, 0) is 49.5 Å². The molecule has 2 N–H and O–H groups in total. The molecular formula is C16H24F2N2O. The van der Waals surface area contributed by atoms with Crippen molar-refractivity contribution in [1.29, 1.82) is 0 Å². The van der Waals surface area contributed by atoms with Gasteiger partial charge < -0.3 is 10.5 Å². The average molecular weight is 298 g/mol. The maximum absolute atomic E-state index is 12.1. The minimum atomic E-state index is -2.77. The second-order valence-electron chi connectivity index (χ2n) is 5.58. The molecule has 1 saturated carbocycles.